The summed E-state index contributed by atoms with van der Waals surface area (Å²) in [6.45, 7) is 6.04. The molecule has 1 aromatic heterocycles. The molecule has 2 aromatic rings. The summed E-state index contributed by atoms with van der Waals surface area (Å²) in [5, 5.41) is 2.78. The standard InChI is InChI=1S/C20H25NO4S/c1-5-6-16-11-18(26-14(16)3)20(23)25-13(2)19(22)21-12-15-7-9-17(24-4)10-8-15/h7-11,13H,5-6,12H2,1-4H3,(H,21,22)/t13-/m1/s1. The Hall–Kier alpha value is -2.34. The molecular formula is C20H25NO4S. The minimum atomic E-state index is -0.849. The van der Waals surface area contributed by atoms with Gasteiger partial charge in [-0.15, -0.1) is 11.3 Å². The van der Waals surface area contributed by atoms with E-state index in [1.165, 1.54) is 16.9 Å². The summed E-state index contributed by atoms with van der Waals surface area (Å²) in [4.78, 5) is 26.1. The molecule has 0 aliphatic rings. The molecule has 0 aliphatic carbocycles. The number of methoxy groups -OCH3 is 1. The van der Waals surface area contributed by atoms with Crippen molar-refractivity contribution in [2.24, 2.45) is 0 Å². The Morgan fingerprint density at radius 3 is 2.54 bits per heavy atom. The van der Waals surface area contributed by atoms with Gasteiger partial charge >= 0.3 is 5.97 Å². The SMILES string of the molecule is CCCc1cc(C(=O)O[C@H](C)C(=O)NCc2ccc(OC)cc2)sc1C. The highest BCUT2D eigenvalue weighted by atomic mass is 32.1. The first-order chi connectivity index (χ1) is 12.4. The van der Waals surface area contributed by atoms with Gasteiger partial charge in [0.05, 0.1) is 7.11 Å². The predicted octanol–water partition coefficient (Wildman–Crippen LogP) is 3.88. The first-order valence-electron chi connectivity index (χ1n) is 8.65. The van der Waals surface area contributed by atoms with Gasteiger partial charge in [0.1, 0.15) is 10.6 Å². The van der Waals surface area contributed by atoms with Crippen LogP contribution in [-0.4, -0.2) is 25.1 Å². The van der Waals surface area contributed by atoms with Gasteiger partial charge in [0.2, 0.25) is 0 Å². The highest BCUT2D eigenvalue weighted by molar-refractivity contribution is 7.14. The lowest BCUT2D eigenvalue weighted by Gasteiger charge is -2.13. The quantitative estimate of drug-likeness (QED) is 0.711. The van der Waals surface area contributed by atoms with Gasteiger partial charge in [-0.3, -0.25) is 4.79 Å². The molecule has 2 rings (SSSR count). The third-order valence-electron chi connectivity index (χ3n) is 4.02. The summed E-state index contributed by atoms with van der Waals surface area (Å²) < 4.78 is 10.4. The zero-order chi connectivity index (χ0) is 19.1. The zero-order valence-electron chi connectivity index (χ0n) is 15.6. The lowest BCUT2D eigenvalue weighted by molar-refractivity contribution is -0.129. The fourth-order valence-electron chi connectivity index (χ4n) is 2.49. The van der Waals surface area contributed by atoms with E-state index in [0.717, 1.165) is 29.0 Å². The van der Waals surface area contributed by atoms with Gasteiger partial charge in [0.15, 0.2) is 6.10 Å². The second-order valence-corrected chi connectivity index (χ2v) is 7.31. The van der Waals surface area contributed by atoms with E-state index in [4.69, 9.17) is 9.47 Å². The third kappa shape index (κ3) is 5.33. The van der Waals surface area contributed by atoms with E-state index in [-0.39, 0.29) is 5.91 Å². The molecule has 26 heavy (non-hydrogen) atoms. The fourth-order valence-corrected chi connectivity index (χ4v) is 3.44. The first kappa shape index (κ1) is 20.0. The smallest absolute Gasteiger partial charge is 0.349 e. The van der Waals surface area contributed by atoms with Crippen LogP contribution in [0.1, 0.15) is 45.9 Å². The number of amides is 1. The number of thiophene rings is 1. The van der Waals surface area contributed by atoms with Gasteiger partial charge < -0.3 is 14.8 Å². The molecule has 0 unspecified atom stereocenters. The summed E-state index contributed by atoms with van der Waals surface area (Å²) in [6, 6.07) is 9.28. The lowest BCUT2D eigenvalue weighted by atomic mass is 10.1. The van der Waals surface area contributed by atoms with Crippen LogP contribution in [0.3, 0.4) is 0 Å². The number of aryl methyl sites for hydroxylation is 2. The van der Waals surface area contributed by atoms with Crippen LogP contribution in [-0.2, 0) is 22.5 Å². The zero-order valence-corrected chi connectivity index (χ0v) is 16.4. The number of rotatable bonds is 8. The average Bonchev–Trinajstić information content (AvgIpc) is 3.01. The van der Waals surface area contributed by atoms with Gasteiger partial charge in [-0.2, -0.15) is 0 Å². The van der Waals surface area contributed by atoms with Crippen molar-refractivity contribution in [1.29, 1.82) is 0 Å². The van der Waals surface area contributed by atoms with E-state index in [0.29, 0.717) is 11.4 Å². The first-order valence-corrected chi connectivity index (χ1v) is 9.47. The molecule has 1 N–H and O–H groups in total. The van der Waals surface area contributed by atoms with E-state index in [9.17, 15) is 9.59 Å². The molecule has 6 heteroatoms. The Morgan fingerprint density at radius 2 is 1.92 bits per heavy atom. The van der Waals surface area contributed by atoms with Gasteiger partial charge in [-0.1, -0.05) is 25.5 Å². The van der Waals surface area contributed by atoms with Gasteiger partial charge in [0, 0.05) is 11.4 Å². The van der Waals surface area contributed by atoms with Crippen molar-refractivity contribution in [2.45, 2.75) is 46.3 Å². The predicted molar refractivity (Wildman–Crippen MR) is 103 cm³/mol. The monoisotopic (exact) mass is 375 g/mol. The van der Waals surface area contributed by atoms with Crippen molar-refractivity contribution < 1.29 is 19.1 Å². The number of esters is 1. The molecule has 0 fully saturated rings. The Balaban J connectivity index is 1.87. The van der Waals surface area contributed by atoms with E-state index >= 15 is 0 Å². The van der Waals surface area contributed by atoms with Crippen molar-refractivity contribution >= 4 is 23.2 Å². The number of carbonyl (C=O) groups excluding carboxylic acids is 2. The number of hydrogen-bond donors (Lipinski definition) is 1. The van der Waals surface area contributed by atoms with Gasteiger partial charge in [-0.25, -0.2) is 4.79 Å². The maximum absolute atomic E-state index is 12.3. The van der Waals surface area contributed by atoms with E-state index < -0.39 is 12.1 Å². The van der Waals surface area contributed by atoms with Crippen LogP contribution in [0, 0.1) is 6.92 Å². The third-order valence-corrected chi connectivity index (χ3v) is 5.09. The molecule has 5 nitrogen and oxygen atoms in total. The Morgan fingerprint density at radius 1 is 1.23 bits per heavy atom. The van der Waals surface area contributed by atoms with E-state index in [2.05, 4.69) is 12.2 Å². The molecule has 1 atom stereocenters. The summed E-state index contributed by atoms with van der Waals surface area (Å²) >= 11 is 1.41. The van der Waals surface area contributed by atoms with Crippen molar-refractivity contribution in [1.82, 2.24) is 5.32 Å². The van der Waals surface area contributed by atoms with Crippen molar-refractivity contribution in [3.05, 3.63) is 51.2 Å². The molecule has 140 valence electrons. The minimum absolute atomic E-state index is 0.323. The van der Waals surface area contributed by atoms with Gasteiger partial charge in [-0.05, 0) is 49.6 Å². The second-order valence-electron chi connectivity index (χ2n) is 6.06. The van der Waals surface area contributed by atoms with E-state index in [1.54, 1.807) is 14.0 Å². The molecule has 0 bridgehead atoms. The number of ether oxygens (including phenoxy) is 2. The molecule has 0 aliphatic heterocycles. The lowest BCUT2D eigenvalue weighted by Crippen LogP contribution is -2.35. The number of benzene rings is 1. The largest absolute Gasteiger partial charge is 0.497 e. The number of hydrogen-bond acceptors (Lipinski definition) is 5. The Labute approximate surface area is 158 Å². The fraction of sp³-hybridized carbons (Fsp3) is 0.400. The molecule has 1 heterocycles. The maximum Gasteiger partial charge on any atom is 0.349 e. The Kier molecular flexibility index (Phi) is 7.21. The summed E-state index contributed by atoms with van der Waals surface area (Å²) in [6.07, 6.45) is 1.11. The molecule has 0 radical (unpaired) electrons. The molecule has 1 aromatic carbocycles. The minimum Gasteiger partial charge on any atom is -0.497 e. The van der Waals surface area contributed by atoms with Crippen LogP contribution < -0.4 is 10.1 Å². The normalized spacial score (nSPS) is 11.7. The molecule has 0 saturated heterocycles. The molecule has 0 saturated carbocycles. The van der Waals surface area contributed by atoms with Crippen LogP contribution in [0.25, 0.3) is 0 Å². The van der Waals surface area contributed by atoms with Crippen molar-refractivity contribution in [3.8, 4) is 5.75 Å². The average molecular weight is 375 g/mol. The molecule has 1 amide bonds. The summed E-state index contributed by atoms with van der Waals surface area (Å²) in [5.41, 5.74) is 2.11. The number of nitrogens with one attached hydrogen (secondary N) is 1. The van der Waals surface area contributed by atoms with Crippen LogP contribution in [0.4, 0.5) is 0 Å². The summed E-state index contributed by atoms with van der Waals surface area (Å²) in [5.74, 6) is -0.0140. The topological polar surface area (TPSA) is 64.6 Å². The van der Waals surface area contributed by atoms with Crippen LogP contribution >= 0.6 is 11.3 Å². The van der Waals surface area contributed by atoms with Crippen LogP contribution in [0.2, 0.25) is 0 Å². The highest BCUT2D eigenvalue weighted by Crippen LogP contribution is 2.24. The van der Waals surface area contributed by atoms with Gasteiger partial charge in [0.25, 0.3) is 5.91 Å². The van der Waals surface area contributed by atoms with Crippen LogP contribution in [0.5, 0.6) is 5.75 Å². The number of carbonyl (C=O) groups is 2. The molecular weight excluding hydrogens is 350 g/mol. The molecule has 0 spiro atoms. The maximum atomic E-state index is 12.3. The van der Waals surface area contributed by atoms with E-state index in [1.807, 2.05) is 37.3 Å². The highest BCUT2D eigenvalue weighted by Gasteiger charge is 2.20. The van der Waals surface area contributed by atoms with Crippen LogP contribution in [0.15, 0.2) is 30.3 Å². The second kappa shape index (κ2) is 9.38. The summed E-state index contributed by atoms with van der Waals surface area (Å²) in [7, 11) is 1.60. The van der Waals surface area contributed by atoms with Crippen molar-refractivity contribution in [2.75, 3.05) is 7.11 Å². The van der Waals surface area contributed by atoms with Crippen molar-refractivity contribution in [3.63, 3.8) is 0 Å². The Bertz CT molecular complexity index is 752.